The normalized spacial score (nSPS) is 11.7. The minimum atomic E-state index is -2.75. The minimum absolute atomic E-state index is 0.0458. The molecular weight excluding hydrogens is 464 g/mol. The van der Waals surface area contributed by atoms with E-state index in [1.165, 1.54) is 38.3 Å². The average molecular weight is 494 g/mol. The lowest BCUT2D eigenvalue weighted by Crippen LogP contribution is -2.39. The van der Waals surface area contributed by atoms with E-state index in [4.69, 9.17) is 19.3 Å². The molecule has 0 amide bonds. The van der Waals surface area contributed by atoms with Crippen LogP contribution in [0.1, 0.15) is 65.3 Å². The van der Waals surface area contributed by atoms with Crippen LogP contribution < -0.4 is 14.2 Å². The topological polar surface area (TPSA) is 183 Å². The molecule has 0 spiro atoms. The summed E-state index contributed by atoms with van der Waals surface area (Å²) < 4.78 is 15.3. The number of carbonyl (C=O) groups is 2. The molecule has 0 aliphatic rings. The molecule has 2 aromatic carbocycles. The van der Waals surface area contributed by atoms with Crippen molar-refractivity contribution in [2.45, 2.75) is 57.9 Å². The van der Waals surface area contributed by atoms with Gasteiger partial charge in [-0.25, -0.2) is 4.79 Å². The third kappa shape index (κ3) is 7.55. The Morgan fingerprint density at radius 3 is 2.03 bits per heavy atom. The molecule has 11 nitrogen and oxygen atoms in total. The molecule has 0 aromatic heterocycles. The molecule has 0 aliphatic heterocycles. The fraction of sp³-hybridized carbons (Fsp3) is 0.417. The van der Waals surface area contributed by atoms with Gasteiger partial charge in [-0.15, -0.1) is 0 Å². The maximum absolute atomic E-state index is 12.1. The van der Waals surface area contributed by atoms with E-state index in [1.807, 2.05) is 6.92 Å². The summed E-state index contributed by atoms with van der Waals surface area (Å²) >= 11 is 0. The number of carbonyl (C=O) groups excluding carboxylic acids is 1. The van der Waals surface area contributed by atoms with Gasteiger partial charge in [0.2, 0.25) is 0 Å². The van der Waals surface area contributed by atoms with E-state index < -0.39 is 30.8 Å². The summed E-state index contributed by atoms with van der Waals surface area (Å²) in [4.78, 5) is 23.1. The smallest absolute Gasteiger partial charge is 0.335 e. The van der Waals surface area contributed by atoms with E-state index in [-0.39, 0.29) is 58.3 Å². The molecule has 2 aromatic rings. The quantitative estimate of drug-likeness (QED) is 0.177. The largest absolute Gasteiger partial charge is 0.507 e. The van der Waals surface area contributed by atoms with Gasteiger partial charge in [-0.05, 0) is 50.1 Å². The number of phenols is 1. The lowest BCUT2D eigenvalue weighted by molar-refractivity contribution is -0.311. The number of aromatic hydroxyl groups is 1. The van der Waals surface area contributed by atoms with Gasteiger partial charge in [0.05, 0.1) is 18.2 Å². The summed E-state index contributed by atoms with van der Waals surface area (Å²) in [6.07, 6.45) is -0.317. The average Bonchev–Trinajstić information content (AvgIpc) is 2.76. The van der Waals surface area contributed by atoms with Crippen LogP contribution in [0, 0.1) is 6.92 Å². The van der Waals surface area contributed by atoms with Crippen LogP contribution in [0.5, 0.6) is 23.0 Å². The third-order valence-corrected chi connectivity index (χ3v) is 5.12. The zero-order valence-corrected chi connectivity index (χ0v) is 19.6. The van der Waals surface area contributed by atoms with Crippen LogP contribution in [0.4, 0.5) is 0 Å². The Morgan fingerprint density at radius 1 is 0.914 bits per heavy atom. The van der Waals surface area contributed by atoms with Crippen LogP contribution in [0.2, 0.25) is 0 Å². The van der Waals surface area contributed by atoms with Crippen molar-refractivity contribution in [1.29, 1.82) is 0 Å². The zero-order chi connectivity index (χ0) is 26.4. The lowest BCUT2D eigenvalue weighted by atomic mass is 10.0. The standard InChI is InChI=1S/C24H30O11/c1-4-6-17(25)16-8-10-18(14(2)21(16)26)34-23(29,30)11-5-12-24(31,32)35-19-9-7-15(22(27)28)13-20(19)33-3/h7-10,13,26,29-32H,4-6,11-12H2,1-3H3,(H,27,28). The van der Waals surface area contributed by atoms with Gasteiger partial charge >= 0.3 is 17.9 Å². The number of ether oxygens (including phenoxy) is 3. The van der Waals surface area contributed by atoms with Gasteiger partial charge in [-0.1, -0.05) is 6.92 Å². The first-order valence-electron chi connectivity index (χ1n) is 10.8. The van der Waals surface area contributed by atoms with Gasteiger partial charge in [0.1, 0.15) is 11.5 Å². The van der Waals surface area contributed by atoms with E-state index in [0.29, 0.717) is 6.42 Å². The number of phenolic OH excluding ortho intramolecular Hbond substituents is 1. The van der Waals surface area contributed by atoms with Gasteiger partial charge in [-0.3, -0.25) is 4.79 Å². The summed E-state index contributed by atoms with van der Waals surface area (Å²) in [5.74, 6) is -7.51. The van der Waals surface area contributed by atoms with Crippen molar-refractivity contribution in [3.8, 4) is 23.0 Å². The van der Waals surface area contributed by atoms with Crippen LogP contribution in [-0.2, 0) is 0 Å². The molecular formula is C24H30O11. The summed E-state index contributed by atoms with van der Waals surface area (Å²) in [6, 6.07) is 6.19. The van der Waals surface area contributed by atoms with E-state index in [2.05, 4.69) is 0 Å². The molecule has 35 heavy (non-hydrogen) atoms. The highest BCUT2D eigenvalue weighted by atomic mass is 16.8. The number of aromatic carboxylic acids is 1. The summed E-state index contributed by atoms with van der Waals surface area (Å²) in [5.41, 5.74) is 0.146. The molecule has 0 saturated carbocycles. The summed E-state index contributed by atoms with van der Waals surface area (Å²) in [6.45, 7) is 3.28. The fourth-order valence-electron chi connectivity index (χ4n) is 3.27. The Hall–Kier alpha value is -3.38. The first-order chi connectivity index (χ1) is 16.3. The number of carboxylic acid groups (broad SMARTS) is 1. The Balaban J connectivity index is 2.01. The van der Waals surface area contributed by atoms with Crippen LogP contribution in [0.25, 0.3) is 0 Å². The van der Waals surface area contributed by atoms with Crippen molar-refractivity contribution < 1.29 is 54.4 Å². The van der Waals surface area contributed by atoms with Gasteiger partial charge in [0, 0.05) is 24.8 Å². The van der Waals surface area contributed by atoms with Crippen molar-refractivity contribution in [2.24, 2.45) is 0 Å². The zero-order valence-electron chi connectivity index (χ0n) is 19.6. The summed E-state index contributed by atoms with van der Waals surface area (Å²) in [7, 11) is 1.25. The molecule has 0 saturated heterocycles. The maximum atomic E-state index is 12.1. The summed E-state index contributed by atoms with van der Waals surface area (Å²) in [5, 5.41) is 60.0. The highest BCUT2D eigenvalue weighted by Gasteiger charge is 2.32. The van der Waals surface area contributed by atoms with Gasteiger partial charge in [0.25, 0.3) is 0 Å². The maximum Gasteiger partial charge on any atom is 0.335 e. The van der Waals surface area contributed by atoms with Crippen molar-refractivity contribution in [2.75, 3.05) is 7.11 Å². The molecule has 0 atom stereocenters. The van der Waals surface area contributed by atoms with Crippen LogP contribution >= 0.6 is 0 Å². The third-order valence-electron chi connectivity index (χ3n) is 5.12. The molecule has 0 unspecified atom stereocenters. The Morgan fingerprint density at radius 2 is 1.49 bits per heavy atom. The number of hydrogen-bond donors (Lipinski definition) is 6. The van der Waals surface area contributed by atoms with E-state index in [9.17, 15) is 35.1 Å². The second kappa shape index (κ2) is 11.4. The SMILES string of the molecule is CCCC(=O)c1ccc(OC(O)(O)CCCC(O)(O)Oc2ccc(C(=O)O)cc2OC)c(C)c1O. The second-order valence-electron chi connectivity index (χ2n) is 7.97. The number of benzene rings is 2. The fourth-order valence-corrected chi connectivity index (χ4v) is 3.27. The molecule has 0 fully saturated rings. The predicted molar refractivity (Wildman–Crippen MR) is 121 cm³/mol. The van der Waals surface area contributed by atoms with Crippen molar-refractivity contribution in [3.63, 3.8) is 0 Å². The van der Waals surface area contributed by atoms with Crippen molar-refractivity contribution >= 4 is 11.8 Å². The molecule has 2 rings (SSSR count). The number of carboxylic acids is 1. The van der Waals surface area contributed by atoms with E-state index >= 15 is 0 Å². The van der Waals surface area contributed by atoms with Crippen molar-refractivity contribution in [1.82, 2.24) is 0 Å². The molecule has 0 heterocycles. The highest BCUT2D eigenvalue weighted by molar-refractivity contribution is 5.99. The number of rotatable bonds is 13. The number of hydrogen-bond acceptors (Lipinski definition) is 10. The molecule has 11 heteroatoms. The molecule has 192 valence electrons. The molecule has 6 N–H and O–H groups in total. The Labute approximate surface area is 201 Å². The predicted octanol–water partition coefficient (Wildman–Crippen LogP) is 2.30. The van der Waals surface area contributed by atoms with E-state index in [1.54, 1.807) is 0 Å². The van der Waals surface area contributed by atoms with Gasteiger partial charge in [0.15, 0.2) is 17.3 Å². The monoisotopic (exact) mass is 494 g/mol. The number of aliphatic hydroxyl groups is 4. The van der Waals surface area contributed by atoms with Crippen molar-refractivity contribution in [3.05, 3.63) is 47.0 Å². The first kappa shape index (κ1) is 27.9. The highest BCUT2D eigenvalue weighted by Crippen LogP contribution is 2.34. The molecule has 0 radical (unpaired) electrons. The Kier molecular flexibility index (Phi) is 9.05. The van der Waals surface area contributed by atoms with Crippen LogP contribution in [0.15, 0.2) is 30.3 Å². The van der Waals surface area contributed by atoms with Crippen LogP contribution in [-0.4, -0.2) is 61.4 Å². The van der Waals surface area contributed by atoms with Gasteiger partial charge in [-0.2, -0.15) is 0 Å². The second-order valence-corrected chi connectivity index (χ2v) is 7.97. The lowest BCUT2D eigenvalue weighted by Gasteiger charge is -2.27. The van der Waals surface area contributed by atoms with Crippen LogP contribution in [0.3, 0.4) is 0 Å². The number of ketones is 1. The molecule has 0 aliphatic carbocycles. The van der Waals surface area contributed by atoms with E-state index in [0.717, 1.165) is 6.07 Å². The molecule has 0 bridgehead atoms. The Bertz CT molecular complexity index is 1060. The van der Waals surface area contributed by atoms with Gasteiger partial charge < -0.3 is 44.8 Å². The minimum Gasteiger partial charge on any atom is -0.507 e. The number of methoxy groups -OCH3 is 1. The number of Topliss-reactive ketones (excluding diaryl/α,β-unsaturated/α-hetero) is 1. The first-order valence-corrected chi connectivity index (χ1v) is 10.8.